The molecule has 0 fully saturated rings. The maximum atomic E-state index is 10.8. The molecule has 0 aliphatic carbocycles. The minimum atomic E-state index is -0.525. The zero-order chi connectivity index (χ0) is 14.9. The van der Waals surface area contributed by atoms with Gasteiger partial charge in [0.25, 0.3) is 5.69 Å². The van der Waals surface area contributed by atoms with E-state index in [0.29, 0.717) is 5.69 Å². The van der Waals surface area contributed by atoms with Crippen LogP contribution < -0.4 is 0 Å². The van der Waals surface area contributed by atoms with E-state index in [2.05, 4.69) is 5.10 Å². The van der Waals surface area contributed by atoms with E-state index < -0.39 is 4.92 Å². The largest absolute Gasteiger partial charge is 0.272 e. The highest BCUT2D eigenvalue weighted by Crippen LogP contribution is 2.33. The molecule has 1 aromatic carbocycles. The molecule has 0 aliphatic heterocycles. The monoisotopic (exact) mass is 313 g/mol. The summed E-state index contributed by atoms with van der Waals surface area (Å²) in [5.41, 5.74) is 2.23. The van der Waals surface area contributed by atoms with Crippen LogP contribution in [0.25, 0.3) is 5.69 Å². The summed E-state index contributed by atoms with van der Waals surface area (Å²) in [5.74, 6) is 0. The van der Waals surface area contributed by atoms with E-state index in [1.54, 1.807) is 4.68 Å². The highest BCUT2D eigenvalue weighted by molar-refractivity contribution is 6.38. The lowest BCUT2D eigenvalue weighted by Gasteiger charge is -2.10. The number of hydrogen-bond donors (Lipinski definition) is 0. The molecule has 0 bridgehead atoms. The van der Waals surface area contributed by atoms with Crippen molar-refractivity contribution in [3.63, 3.8) is 0 Å². The lowest BCUT2D eigenvalue weighted by atomic mass is 10.2. The van der Waals surface area contributed by atoms with Crippen molar-refractivity contribution < 1.29 is 4.92 Å². The van der Waals surface area contributed by atoms with Crippen molar-refractivity contribution in [2.75, 3.05) is 0 Å². The second-order valence-corrected chi connectivity index (χ2v) is 5.08. The van der Waals surface area contributed by atoms with Gasteiger partial charge in [0, 0.05) is 17.8 Å². The van der Waals surface area contributed by atoms with Crippen LogP contribution in [0, 0.1) is 10.1 Å². The van der Waals surface area contributed by atoms with Crippen molar-refractivity contribution in [1.29, 1.82) is 0 Å². The standard InChI is InChI=1S/C13H13Cl2N3O2/c1-3-8-5-9(4-2)17(16-8)13-11(14)6-10(18(19)20)7-12(13)15/h5-7H,3-4H2,1-2H3. The van der Waals surface area contributed by atoms with Gasteiger partial charge in [0.15, 0.2) is 0 Å². The molecule has 1 heterocycles. The van der Waals surface area contributed by atoms with Gasteiger partial charge in [-0.2, -0.15) is 5.10 Å². The third-order valence-electron chi connectivity index (χ3n) is 2.98. The number of rotatable bonds is 4. The van der Waals surface area contributed by atoms with E-state index >= 15 is 0 Å². The van der Waals surface area contributed by atoms with Gasteiger partial charge in [-0.25, -0.2) is 4.68 Å². The van der Waals surface area contributed by atoms with Gasteiger partial charge in [-0.3, -0.25) is 10.1 Å². The zero-order valence-corrected chi connectivity index (χ0v) is 12.6. The van der Waals surface area contributed by atoms with Crippen LogP contribution in [0.3, 0.4) is 0 Å². The number of benzene rings is 1. The van der Waals surface area contributed by atoms with Crippen LogP contribution in [0.4, 0.5) is 5.69 Å². The summed E-state index contributed by atoms with van der Waals surface area (Å²) in [6.07, 6.45) is 1.55. The number of nitro benzene ring substituents is 1. The summed E-state index contributed by atoms with van der Waals surface area (Å²) >= 11 is 12.3. The van der Waals surface area contributed by atoms with Crippen molar-refractivity contribution in [3.05, 3.63) is 49.7 Å². The number of aryl methyl sites for hydroxylation is 2. The van der Waals surface area contributed by atoms with Gasteiger partial charge < -0.3 is 0 Å². The van der Waals surface area contributed by atoms with E-state index in [9.17, 15) is 10.1 Å². The van der Waals surface area contributed by atoms with Crippen LogP contribution in [-0.4, -0.2) is 14.7 Å². The molecule has 106 valence electrons. The average Bonchev–Trinajstić information content (AvgIpc) is 2.81. The Morgan fingerprint density at radius 3 is 2.25 bits per heavy atom. The Morgan fingerprint density at radius 1 is 1.20 bits per heavy atom. The first-order valence-electron chi connectivity index (χ1n) is 6.19. The second kappa shape index (κ2) is 5.81. The average molecular weight is 314 g/mol. The van der Waals surface area contributed by atoms with E-state index in [1.165, 1.54) is 12.1 Å². The predicted molar refractivity (Wildman–Crippen MR) is 79.0 cm³/mol. The molecule has 20 heavy (non-hydrogen) atoms. The van der Waals surface area contributed by atoms with Crippen molar-refractivity contribution >= 4 is 28.9 Å². The fraction of sp³-hybridized carbons (Fsp3) is 0.308. The lowest BCUT2D eigenvalue weighted by molar-refractivity contribution is -0.384. The van der Waals surface area contributed by atoms with Gasteiger partial charge >= 0.3 is 0 Å². The summed E-state index contributed by atoms with van der Waals surface area (Å²) in [5, 5.41) is 15.7. The maximum absolute atomic E-state index is 10.8. The van der Waals surface area contributed by atoms with Gasteiger partial charge in [0.2, 0.25) is 0 Å². The van der Waals surface area contributed by atoms with Crippen LogP contribution in [-0.2, 0) is 12.8 Å². The van der Waals surface area contributed by atoms with Crippen LogP contribution in [0.2, 0.25) is 10.0 Å². The molecule has 0 aliphatic rings. The van der Waals surface area contributed by atoms with Gasteiger partial charge in [-0.05, 0) is 18.9 Å². The molecule has 0 atom stereocenters. The molecule has 0 amide bonds. The van der Waals surface area contributed by atoms with Crippen molar-refractivity contribution in [2.24, 2.45) is 0 Å². The smallest absolute Gasteiger partial charge is 0.258 e. The van der Waals surface area contributed by atoms with E-state index in [0.717, 1.165) is 24.2 Å². The van der Waals surface area contributed by atoms with E-state index in [-0.39, 0.29) is 15.7 Å². The van der Waals surface area contributed by atoms with Gasteiger partial charge in [-0.15, -0.1) is 0 Å². The molecule has 7 heteroatoms. The number of nitro groups is 1. The molecule has 0 saturated heterocycles. The van der Waals surface area contributed by atoms with Crippen LogP contribution in [0.15, 0.2) is 18.2 Å². The summed E-state index contributed by atoms with van der Waals surface area (Å²) in [4.78, 5) is 10.3. The number of non-ortho nitro benzene ring substituents is 1. The van der Waals surface area contributed by atoms with Crippen molar-refractivity contribution in [1.82, 2.24) is 9.78 Å². The predicted octanol–water partition coefficient (Wildman–Crippen LogP) is 4.21. The van der Waals surface area contributed by atoms with Crippen molar-refractivity contribution in [3.8, 4) is 5.69 Å². The first-order valence-corrected chi connectivity index (χ1v) is 6.95. The minimum absolute atomic E-state index is 0.135. The summed E-state index contributed by atoms with van der Waals surface area (Å²) in [7, 11) is 0. The third kappa shape index (κ3) is 2.64. The Morgan fingerprint density at radius 2 is 1.80 bits per heavy atom. The topological polar surface area (TPSA) is 61.0 Å². The van der Waals surface area contributed by atoms with Gasteiger partial charge in [0.05, 0.1) is 20.7 Å². The fourth-order valence-electron chi connectivity index (χ4n) is 1.95. The summed E-state index contributed by atoms with van der Waals surface area (Å²) < 4.78 is 1.66. The molecule has 0 spiro atoms. The molecule has 2 rings (SSSR count). The number of aromatic nitrogens is 2. The molecule has 0 saturated carbocycles. The summed E-state index contributed by atoms with van der Waals surface area (Å²) in [6.45, 7) is 4.01. The lowest BCUT2D eigenvalue weighted by Crippen LogP contribution is -2.04. The molecule has 5 nitrogen and oxygen atoms in total. The van der Waals surface area contributed by atoms with Crippen LogP contribution in [0.1, 0.15) is 25.2 Å². The molecular weight excluding hydrogens is 301 g/mol. The minimum Gasteiger partial charge on any atom is -0.258 e. The van der Waals surface area contributed by atoms with Crippen molar-refractivity contribution in [2.45, 2.75) is 26.7 Å². The Hall–Kier alpha value is -1.59. The third-order valence-corrected chi connectivity index (χ3v) is 3.56. The van der Waals surface area contributed by atoms with Gasteiger partial charge in [0.1, 0.15) is 5.69 Å². The molecular formula is C13H13Cl2N3O2. The van der Waals surface area contributed by atoms with Crippen LogP contribution in [0.5, 0.6) is 0 Å². The Bertz CT molecular complexity index is 645. The Labute approximate surface area is 126 Å². The van der Waals surface area contributed by atoms with E-state index in [1.807, 2.05) is 19.9 Å². The first-order chi connectivity index (χ1) is 9.47. The summed E-state index contributed by atoms with van der Waals surface area (Å²) in [6, 6.07) is 4.55. The second-order valence-electron chi connectivity index (χ2n) is 4.26. The molecule has 0 unspecified atom stereocenters. The zero-order valence-electron chi connectivity index (χ0n) is 11.1. The highest BCUT2D eigenvalue weighted by atomic mass is 35.5. The van der Waals surface area contributed by atoms with Gasteiger partial charge in [-0.1, -0.05) is 37.0 Å². The number of halogens is 2. The Balaban J connectivity index is 2.63. The molecule has 0 radical (unpaired) electrons. The fourth-order valence-corrected chi connectivity index (χ4v) is 2.59. The molecule has 1 aromatic heterocycles. The number of hydrogen-bond acceptors (Lipinski definition) is 3. The first kappa shape index (κ1) is 14.8. The van der Waals surface area contributed by atoms with E-state index in [4.69, 9.17) is 23.2 Å². The molecule has 2 aromatic rings. The van der Waals surface area contributed by atoms with Crippen LogP contribution >= 0.6 is 23.2 Å². The number of nitrogens with zero attached hydrogens (tertiary/aromatic N) is 3. The molecule has 0 N–H and O–H groups in total. The normalized spacial score (nSPS) is 10.8. The Kier molecular flexibility index (Phi) is 4.30. The SMILES string of the molecule is CCc1cc(CC)n(-c2c(Cl)cc([N+](=O)[O-])cc2Cl)n1. The highest BCUT2D eigenvalue weighted by Gasteiger charge is 2.18. The quantitative estimate of drug-likeness (QED) is 0.627. The maximum Gasteiger partial charge on any atom is 0.272 e.